The van der Waals surface area contributed by atoms with Gasteiger partial charge < -0.3 is 0 Å². The maximum atomic E-state index is 9.69. The third-order valence-electron chi connectivity index (χ3n) is 0.172. The summed E-state index contributed by atoms with van der Waals surface area (Å²) < 4.78 is 54.4. The summed E-state index contributed by atoms with van der Waals surface area (Å²) in [4.78, 5) is 0. The zero-order valence-corrected chi connectivity index (χ0v) is 15.5. The molecule has 0 aromatic rings. The molecule has 0 rings (SSSR count). The molecule has 0 aliphatic rings. The molecule has 0 aliphatic heterocycles. The Balaban J connectivity index is -0.000000320. The predicted molar refractivity (Wildman–Crippen MR) is 28.9 cm³/mol. The molecular formula is H2CdO6S2SeZn+4. The SMILES string of the molecule is O=S(=O)(O)[Se]S(=O)(=O)O.[Cd+2].[Zn+2]. The first kappa shape index (κ1) is 18.6. The Morgan fingerprint density at radius 1 is 0.909 bits per heavy atom. The molecule has 0 aliphatic carbocycles. The third-order valence-corrected chi connectivity index (χ3v) is 8.04. The molecule has 0 aromatic heterocycles. The van der Waals surface area contributed by atoms with Gasteiger partial charge in [-0.1, -0.05) is 0 Å². The van der Waals surface area contributed by atoms with E-state index in [0.717, 1.165) is 0 Å². The zero-order valence-electron chi connectivity index (χ0n) is 5.17. The first-order chi connectivity index (χ1) is 3.71. The Hall–Kier alpha value is 1.88. The molecule has 11 heavy (non-hydrogen) atoms. The second kappa shape index (κ2) is 6.36. The van der Waals surface area contributed by atoms with Gasteiger partial charge in [0.15, 0.2) is 0 Å². The van der Waals surface area contributed by atoms with E-state index in [0.29, 0.717) is 0 Å². The normalized spacial score (nSPS) is 11.1. The van der Waals surface area contributed by atoms with Crippen LogP contribution in [0.1, 0.15) is 0 Å². The monoisotopic (exact) mass is 420 g/mol. The van der Waals surface area contributed by atoms with E-state index in [9.17, 15) is 16.8 Å². The van der Waals surface area contributed by atoms with Crippen molar-refractivity contribution in [1.29, 1.82) is 0 Å². The maximum Gasteiger partial charge on any atom is 2.00 e. The molecule has 6 nitrogen and oxygen atoms in total. The molecule has 0 saturated heterocycles. The van der Waals surface area contributed by atoms with E-state index in [1.807, 2.05) is 0 Å². The molecule has 0 spiro atoms. The van der Waals surface area contributed by atoms with Gasteiger partial charge in [-0.05, 0) is 0 Å². The molecule has 0 atom stereocenters. The molecule has 2 N–H and O–H groups in total. The van der Waals surface area contributed by atoms with E-state index in [1.54, 1.807) is 0 Å². The van der Waals surface area contributed by atoms with Crippen molar-refractivity contribution in [3.8, 4) is 0 Å². The molecule has 0 amide bonds. The molecule has 0 radical (unpaired) electrons. The van der Waals surface area contributed by atoms with Gasteiger partial charge in [-0.2, -0.15) is 0 Å². The van der Waals surface area contributed by atoms with Crippen molar-refractivity contribution in [2.75, 3.05) is 0 Å². The summed E-state index contributed by atoms with van der Waals surface area (Å²) >= 11 is -2.19. The van der Waals surface area contributed by atoms with Crippen LogP contribution in [0.4, 0.5) is 0 Å². The fourth-order valence-electron chi connectivity index (χ4n) is 0.109. The maximum absolute atomic E-state index is 9.69. The number of hydrogen-bond acceptors (Lipinski definition) is 4. The summed E-state index contributed by atoms with van der Waals surface area (Å²) in [6.45, 7) is 0. The van der Waals surface area contributed by atoms with Crippen LogP contribution in [0.25, 0.3) is 0 Å². The number of rotatable bonds is 2. The van der Waals surface area contributed by atoms with Gasteiger partial charge >= 0.3 is 103 Å². The van der Waals surface area contributed by atoms with E-state index in [1.165, 1.54) is 0 Å². The van der Waals surface area contributed by atoms with Gasteiger partial charge in [-0.3, -0.25) is 0 Å². The van der Waals surface area contributed by atoms with Gasteiger partial charge in [0.05, 0.1) is 0 Å². The molecule has 11 heteroatoms. The average Bonchev–Trinajstić information content (AvgIpc) is 1.14. The third kappa shape index (κ3) is 18.7. The Morgan fingerprint density at radius 2 is 1.09 bits per heavy atom. The Morgan fingerprint density at radius 3 is 1.09 bits per heavy atom. The molecule has 0 aromatic carbocycles. The second-order valence-electron chi connectivity index (χ2n) is 0.924. The Kier molecular flexibility index (Phi) is 10.8. The zero-order chi connectivity index (χ0) is 7.71. The van der Waals surface area contributed by atoms with Crippen LogP contribution < -0.4 is 0 Å². The van der Waals surface area contributed by atoms with Gasteiger partial charge in [-0.25, -0.2) is 0 Å². The van der Waals surface area contributed by atoms with Crippen LogP contribution in [0.15, 0.2) is 0 Å². The van der Waals surface area contributed by atoms with Gasteiger partial charge in [0.1, 0.15) is 0 Å². The van der Waals surface area contributed by atoms with Crippen LogP contribution in [0.3, 0.4) is 0 Å². The predicted octanol–water partition coefficient (Wildman–Crippen LogP) is -1.71. The molecule has 0 fully saturated rings. The molecule has 56 valence electrons. The fraction of sp³-hybridized carbons (Fsp3) is 0. The second-order valence-corrected chi connectivity index (χ2v) is 11.1. The van der Waals surface area contributed by atoms with Crippen molar-refractivity contribution < 1.29 is 72.7 Å². The van der Waals surface area contributed by atoms with Crippen LogP contribution in [0, 0.1) is 0 Å². The smallest absolute Gasteiger partial charge is 2.00 e. The molecule has 0 bridgehead atoms. The van der Waals surface area contributed by atoms with E-state index in [2.05, 4.69) is 0 Å². The summed E-state index contributed by atoms with van der Waals surface area (Å²) in [6, 6.07) is 0. The van der Waals surface area contributed by atoms with E-state index < -0.39 is 29.8 Å². The van der Waals surface area contributed by atoms with Crippen LogP contribution in [0.2, 0.25) is 0 Å². The topological polar surface area (TPSA) is 109 Å². The summed E-state index contributed by atoms with van der Waals surface area (Å²) in [7, 11) is -9.11. The van der Waals surface area contributed by atoms with Crippen LogP contribution in [-0.4, -0.2) is 38.7 Å². The molecule has 0 unspecified atom stereocenters. The van der Waals surface area contributed by atoms with Crippen molar-refractivity contribution in [2.45, 2.75) is 0 Å². The summed E-state index contributed by atoms with van der Waals surface area (Å²) in [6.07, 6.45) is 0. The quantitative estimate of drug-likeness (QED) is 0.408. The van der Waals surface area contributed by atoms with Gasteiger partial charge in [0, 0.05) is 0 Å². The first-order valence-electron chi connectivity index (χ1n) is 1.37. The summed E-state index contributed by atoms with van der Waals surface area (Å²) in [5, 5.41) is 0. The van der Waals surface area contributed by atoms with Crippen molar-refractivity contribution in [3.05, 3.63) is 0 Å². The van der Waals surface area contributed by atoms with E-state index in [-0.39, 0.29) is 46.8 Å². The van der Waals surface area contributed by atoms with Gasteiger partial charge in [-0.15, -0.1) is 0 Å². The van der Waals surface area contributed by atoms with Crippen LogP contribution >= 0.6 is 0 Å². The number of hydrogen-bond donors (Lipinski definition) is 2. The fourth-order valence-corrected chi connectivity index (χ4v) is 5.08. The minimum Gasteiger partial charge on any atom is 2.00 e. The van der Waals surface area contributed by atoms with E-state index in [4.69, 9.17) is 9.11 Å². The largest absolute Gasteiger partial charge is 2.00 e. The minimum atomic E-state index is -4.56. The van der Waals surface area contributed by atoms with Crippen molar-refractivity contribution >= 4 is 29.8 Å². The summed E-state index contributed by atoms with van der Waals surface area (Å²) in [5.41, 5.74) is 0. The summed E-state index contributed by atoms with van der Waals surface area (Å²) in [5.74, 6) is 0. The molecular weight excluding hydrogens is 417 g/mol. The first-order valence-corrected chi connectivity index (χ1v) is 8.29. The average molecular weight is 419 g/mol. The van der Waals surface area contributed by atoms with Crippen molar-refractivity contribution in [2.24, 2.45) is 0 Å². The van der Waals surface area contributed by atoms with Crippen molar-refractivity contribution in [1.82, 2.24) is 0 Å². The minimum absolute atomic E-state index is 0. The van der Waals surface area contributed by atoms with Gasteiger partial charge in [0.25, 0.3) is 0 Å². The van der Waals surface area contributed by atoms with Crippen molar-refractivity contribution in [3.63, 3.8) is 0 Å². The molecule has 0 saturated carbocycles. The Labute approximate surface area is 101 Å². The van der Waals surface area contributed by atoms with Gasteiger partial charge in [0.2, 0.25) is 0 Å². The van der Waals surface area contributed by atoms with Crippen LogP contribution in [0.5, 0.6) is 0 Å². The van der Waals surface area contributed by atoms with Crippen LogP contribution in [-0.2, 0) is 63.8 Å². The standard InChI is InChI=1S/Cd.H2O6S2Se.Zn/c;1-7(2,3)9-8(4,5)6;/h;(H,1,2,3)(H,4,5,6);/q+2;;+2. The van der Waals surface area contributed by atoms with E-state index >= 15 is 0 Å². The Bertz CT molecular complexity index is 246. The molecule has 0 heterocycles.